The van der Waals surface area contributed by atoms with Gasteiger partial charge < -0.3 is 9.84 Å². The highest BCUT2D eigenvalue weighted by Crippen LogP contribution is 2.43. The third-order valence-corrected chi connectivity index (χ3v) is 6.25. The molecule has 0 spiro atoms. The van der Waals surface area contributed by atoms with Gasteiger partial charge in [0.05, 0.1) is 22.1 Å². The summed E-state index contributed by atoms with van der Waals surface area (Å²) in [5.41, 5.74) is -3.13. The number of halogens is 6. The van der Waals surface area contributed by atoms with Crippen molar-refractivity contribution in [2.75, 3.05) is 0 Å². The second kappa shape index (κ2) is 9.66. The Hall–Kier alpha value is -4.08. The lowest BCUT2D eigenvalue weighted by atomic mass is 9.84. The summed E-state index contributed by atoms with van der Waals surface area (Å²) >= 11 is 0. The molecule has 0 saturated heterocycles. The smallest absolute Gasteiger partial charge is 0.418 e. The zero-order valence-electron chi connectivity index (χ0n) is 20.1. The number of benzene rings is 3. The zero-order valence-corrected chi connectivity index (χ0v) is 20.1. The largest absolute Gasteiger partial charge is 0.489 e. The van der Waals surface area contributed by atoms with Crippen LogP contribution in [-0.2, 0) is 29.2 Å². The lowest BCUT2D eigenvalue weighted by Crippen LogP contribution is -2.28. The molecule has 0 aliphatic rings. The monoisotopic (exact) mass is 533 g/mol. The van der Waals surface area contributed by atoms with Crippen molar-refractivity contribution in [1.29, 1.82) is 0 Å². The number of para-hydroxylation sites is 1. The fourth-order valence-electron chi connectivity index (χ4n) is 4.03. The Morgan fingerprint density at radius 2 is 1.50 bits per heavy atom. The van der Waals surface area contributed by atoms with Crippen LogP contribution >= 0.6 is 0 Å². The number of rotatable bonds is 6. The summed E-state index contributed by atoms with van der Waals surface area (Å²) in [6.07, 6.45) is -9.25. The van der Waals surface area contributed by atoms with Crippen LogP contribution in [0.15, 0.2) is 72.9 Å². The number of alkyl halides is 6. The number of pyridine rings is 1. The van der Waals surface area contributed by atoms with Crippen molar-refractivity contribution in [3.63, 3.8) is 0 Å². The number of carboxylic acid groups (broad SMARTS) is 1. The molecule has 4 nitrogen and oxygen atoms in total. The maximum Gasteiger partial charge on any atom is 0.418 e. The predicted molar refractivity (Wildman–Crippen MR) is 129 cm³/mol. The molecule has 0 atom stereocenters. The zero-order chi connectivity index (χ0) is 27.9. The van der Waals surface area contributed by atoms with Crippen LogP contribution in [0, 0.1) is 0 Å². The summed E-state index contributed by atoms with van der Waals surface area (Å²) in [5.74, 6) is -0.787. The van der Waals surface area contributed by atoms with Crippen LogP contribution in [-0.4, -0.2) is 16.1 Å². The van der Waals surface area contributed by atoms with Gasteiger partial charge in [0.25, 0.3) is 0 Å². The topological polar surface area (TPSA) is 59.4 Å². The third kappa shape index (κ3) is 5.29. The number of carboxylic acids is 1. The van der Waals surface area contributed by atoms with Gasteiger partial charge in [-0.15, -0.1) is 0 Å². The van der Waals surface area contributed by atoms with Gasteiger partial charge >= 0.3 is 18.3 Å². The summed E-state index contributed by atoms with van der Waals surface area (Å²) in [7, 11) is 0. The Kier molecular flexibility index (Phi) is 6.86. The lowest BCUT2D eigenvalue weighted by molar-refractivity contribution is -0.142. The van der Waals surface area contributed by atoms with Crippen LogP contribution in [0.1, 0.15) is 36.1 Å². The molecule has 198 valence electrons. The highest BCUT2D eigenvalue weighted by molar-refractivity contribution is 5.98. The van der Waals surface area contributed by atoms with Crippen molar-refractivity contribution < 1.29 is 41.0 Å². The van der Waals surface area contributed by atoms with E-state index in [2.05, 4.69) is 4.98 Å². The van der Waals surface area contributed by atoms with Crippen LogP contribution in [0.2, 0.25) is 0 Å². The van der Waals surface area contributed by atoms with Gasteiger partial charge in [-0.1, -0.05) is 48.5 Å². The molecule has 4 rings (SSSR count). The number of hydrogen-bond donors (Lipinski definition) is 1. The van der Waals surface area contributed by atoms with Gasteiger partial charge in [0.1, 0.15) is 12.4 Å². The normalized spacial score (nSPS) is 12.5. The third-order valence-electron chi connectivity index (χ3n) is 6.25. The van der Waals surface area contributed by atoms with Crippen molar-refractivity contribution >= 4 is 16.9 Å². The van der Waals surface area contributed by atoms with Crippen molar-refractivity contribution in [3.8, 4) is 16.9 Å². The second-order valence-electron chi connectivity index (χ2n) is 9.19. The fraction of sp³-hybridized carbons (Fsp3) is 0.214. The minimum atomic E-state index is -4.87. The van der Waals surface area contributed by atoms with Crippen LogP contribution in [0.25, 0.3) is 22.0 Å². The van der Waals surface area contributed by atoms with Crippen molar-refractivity contribution in [1.82, 2.24) is 4.98 Å². The molecule has 3 aromatic carbocycles. The van der Waals surface area contributed by atoms with Gasteiger partial charge in [-0.05, 0) is 48.7 Å². The minimum Gasteiger partial charge on any atom is -0.489 e. The molecule has 0 fully saturated rings. The van der Waals surface area contributed by atoms with Crippen molar-refractivity contribution in [2.24, 2.45) is 0 Å². The Balaban J connectivity index is 1.71. The summed E-state index contributed by atoms with van der Waals surface area (Å²) in [6.45, 7) is 3.17. The van der Waals surface area contributed by atoms with Gasteiger partial charge in [-0.2, -0.15) is 26.3 Å². The molecule has 10 heteroatoms. The first-order chi connectivity index (χ1) is 17.7. The first kappa shape index (κ1) is 27.0. The molecule has 0 bridgehead atoms. The summed E-state index contributed by atoms with van der Waals surface area (Å²) < 4.78 is 88.0. The van der Waals surface area contributed by atoms with E-state index in [1.165, 1.54) is 30.3 Å². The molecule has 38 heavy (non-hydrogen) atoms. The molecule has 1 N–H and O–H groups in total. The molecule has 4 aromatic rings. The van der Waals surface area contributed by atoms with E-state index in [0.717, 1.165) is 12.1 Å². The van der Waals surface area contributed by atoms with Gasteiger partial charge in [0, 0.05) is 17.1 Å². The van der Waals surface area contributed by atoms with Gasteiger partial charge in [-0.25, -0.2) is 0 Å². The number of hydrogen-bond acceptors (Lipinski definition) is 3. The number of aromatic nitrogens is 1. The Morgan fingerprint density at radius 3 is 2.11 bits per heavy atom. The van der Waals surface area contributed by atoms with E-state index in [9.17, 15) is 36.2 Å². The summed E-state index contributed by atoms with van der Waals surface area (Å²) in [4.78, 5) is 15.0. The molecule has 0 aliphatic carbocycles. The van der Waals surface area contributed by atoms with E-state index in [0.29, 0.717) is 17.3 Å². The SMILES string of the molecule is CC(C)(C(=O)O)c1ccc(COc2cccc(-c3c(C(F)(F)F)cnc4c(C(F)(F)F)cccc34)c2)cc1. The number of ether oxygens (including phenoxy) is 1. The standard InChI is InChI=1S/C28H21F6NO3/c1-26(2,25(36)37)18-11-9-16(10-12-18)15-38-19-6-3-5-17(13-19)23-20-7-4-8-21(27(29,30)31)24(20)35-14-22(23)28(32,33)34/h3-14H,15H2,1-2H3,(H,36,37). The van der Waals surface area contributed by atoms with Crippen LogP contribution in [0.5, 0.6) is 5.75 Å². The van der Waals surface area contributed by atoms with E-state index in [-0.39, 0.29) is 23.3 Å². The second-order valence-corrected chi connectivity index (χ2v) is 9.19. The molecule has 0 aliphatic heterocycles. The minimum absolute atomic E-state index is 0.0140. The van der Waals surface area contributed by atoms with Gasteiger partial charge in [0.2, 0.25) is 0 Å². The van der Waals surface area contributed by atoms with E-state index in [4.69, 9.17) is 4.74 Å². The van der Waals surface area contributed by atoms with E-state index >= 15 is 0 Å². The van der Waals surface area contributed by atoms with Gasteiger partial charge in [-0.3, -0.25) is 9.78 Å². The van der Waals surface area contributed by atoms with E-state index < -0.39 is 45.9 Å². The molecule has 1 heterocycles. The average Bonchev–Trinajstić information content (AvgIpc) is 2.85. The van der Waals surface area contributed by atoms with Crippen LogP contribution < -0.4 is 4.74 Å². The van der Waals surface area contributed by atoms with Crippen LogP contribution in [0.3, 0.4) is 0 Å². The van der Waals surface area contributed by atoms with E-state index in [1.807, 2.05) is 0 Å². The van der Waals surface area contributed by atoms with Crippen molar-refractivity contribution in [2.45, 2.75) is 38.2 Å². The summed E-state index contributed by atoms with van der Waals surface area (Å²) in [6, 6.07) is 15.3. The number of fused-ring (bicyclic) bond motifs is 1. The highest BCUT2D eigenvalue weighted by atomic mass is 19.4. The maximum absolute atomic E-state index is 13.9. The first-order valence-electron chi connectivity index (χ1n) is 11.3. The molecule has 0 saturated carbocycles. The predicted octanol–water partition coefficient (Wildman–Crippen LogP) is 7.88. The van der Waals surface area contributed by atoms with Crippen molar-refractivity contribution in [3.05, 3.63) is 95.2 Å². The Labute approximate surface area is 213 Å². The number of nitrogens with zero attached hydrogens (tertiary/aromatic N) is 1. The Bertz CT molecular complexity index is 1490. The quantitative estimate of drug-likeness (QED) is 0.256. The first-order valence-corrected chi connectivity index (χ1v) is 11.3. The average molecular weight is 533 g/mol. The summed E-state index contributed by atoms with van der Waals surface area (Å²) in [5, 5.41) is 9.08. The highest BCUT2D eigenvalue weighted by Gasteiger charge is 2.38. The maximum atomic E-state index is 13.9. The molecule has 0 unspecified atom stereocenters. The number of carbonyl (C=O) groups is 1. The van der Waals surface area contributed by atoms with E-state index in [1.54, 1.807) is 38.1 Å². The molecular weight excluding hydrogens is 512 g/mol. The van der Waals surface area contributed by atoms with Gasteiger partial charge in [0.15, 0.2) is 0 Å². The molecular formula is C28H21F6NO3. The van der Waals surface area contributed by atoms with Crippen LogP contribution in [0.4, 0.5) is 26.3 Å². The Morgan fingerprint density at radius 1 is 0.868 bits per heavy atom. The fourth-order valence-corrected chi connectivity index (χ4v) is 4.03. The number of aliphatic carboxylic acids is 1. The molecule has 0 radical (unpaired) electrons. The molecule has 0 amide bonds. The molecule has 1 aromatic heterocycles. The lowest BCUT2D eigenvalue weighted by Gasteiger charge is -2.20.